The summed E-state index contributed by atoms with van der Waals surface area (Å²) in [5, 5.41) is 0. The van der Waals surface area contributed by atoms with E-state index in [2.05, 4.69) is 5.48 Å². The third kappa shape index (κ3) is 6.69. The Kier molecular flexibility index (Phi) is 8.89. The van der Waals surface area contributed by atoms with Crippen LogP contribution in [0.5, 0.6) is 5.75 Å². The maximum atomic E-state index is 13.7. The molecule has 204 valence electrons. The van der Waals surface area contributed by atoms with Crippen LogP contribution in [0.25, 0.3) is 10.4 Å². The molecular formula is C23H31N3O8S3. The van der Waals surface area contributed by atoms with Gasteiger partial charge in [-0.05, 0) is 61.7 Å². The standard InChI is InChI=1S/C23H31N3O8S3/c1-3-32-18-9-7-17(8-10-18)20-11-12-22(35-20)37(30,31)26-14-13-25(36(2,28)29)16-19(26)23(27)24-34-21-6-4-5-15-33-21/h7-12,19,21H,3-6,13-16H2,1-2H3,(H,24,27). The molecule has 4 rings (SSSR count). The first-order chi connectivity index (χ1) is 17.6. The fraction of sp³-hybridized carbons (Fsp3) is 0.522. The van der Waals surface area contributed by atoms with Crippen molar-refractivity contribution in [2.45, 2.75) is 42.7 Å². The number of nitrogens with one attached hydrogen (secondary N) is 1. The normalized spacial score (nSPS) is 22.0. The Balaban J connectivity index is 1.55. The van der Waals surface area contributed by atoms with Gasteiger partial charge in [-0.3, -0.25) is 4.79 Å². The minimum Gasteiger partial charge on any atom is -0.494 e. The lowest BCUT2D eigenvalue weighted by Gasteiger charge is -2.38. The molecule has 1 aromatic heterocycles. The quantitative estimate of drug-likeness (QED) is 0.451. The highest BCUT2D eigenvalue weighted by molar-refractivity contribution is 7.91. The van der Waals surface area contributed by atoms with Crippen LogP contribution in [0.2, 0.25) is 0 Å². The van der Waals surface area contributed by atoms with Crippen LogP contribution in [0.15, 0.2) is 40.6 Å². The maximum Gasteiger partial charge on any atom is 0.263 e. The first-order valence-electron chi connectivity index (χ1n) is 12.0. The first-order valence-corrected chi connectivity index (χ1v) is 16.1. The van der Waals surface area contributed by atoms with Crippen LogP contribution in [-0.4, -0.2) is 82.8 Å². The minimum absolute atomic E-state index is 0.0542. The van der Waals surface area contributed by atoms with Gasteiger partial charge >= 0.3 is 0 Å². The Bertz CT molecular complexity index is 1290. The Morgan fingerprint density at radius 2 is 1.86 bits per heavy atom. The van der Waals surface area contributed by atoms with Crippen molar-refractivity contribution in [3.8, 4) is 16.2 Å². The SMILES string of the molecule is CCOc1ccc(-c2ccc(S(=O)(=O)N3CCN(S(C)(=O)=O)CC3C(=O)NOC3CCCCO3)s2)cc1. The molecular weight excluding hydrogens is 542 g/mol. The van der Waals surface area contributed by atoms with Gasteiger partial charge in [0.1, 0.15) is 16.0 Å². The fourth-order valence-electron chi connectivity index (χ4n) is 4.15. The lowest BCUT2D eigenvalue weighted by molar-refractivity contribution is -0.202. The Hall–Kier alpha value is -2.07. The lowest BCUT2D eigenvalue weighted by Crippen LogP contribution is -2.61. The zero-order valence-electron chi connectivity index (χ0n) is 20.7. The van der Waals surface area contributed by atoms with Gasteiger partial charge in [-0.15, -0.1) is 11.3 Å². The second-order valence-electron chi connectivity index (χ2n) is 8.71. The Morgan fingerprint density at radius 3 is 2.51 bits per heavy atom. The second-order valence-corrected chi connectivity index (χ2v) is 13.9. The predicted octanol–water partition coefficient (Wildman–Crippen LogP) is 2.02. The summed E-state index contributed by atoms with van der Waals surface area (Å²) in [6.07, 6.45) is 2.76. The molecule has 0 saturated carbocycles. The van der Waals surface area contributed by atoms with E-state index in [1.54, 1.807) is 6.07 Å². The molecule has 37 heavy (non-hydrogen) atoms. The number of piperazine rings is 1. The number of benzene rings is 1. The second kappa shape index (κ2) is 11.8. The summed E-state index contributed by atoms with van der Waals surface area (Å²) in [6, 6.07) is 9.21. The molecule has 2 saturated heterocycles. The van der Waals surface area contributed by atoms with Crippen molar-refractivity contribution in [3.05, 3.63) is 36.4 Å². The number of amides is 1. The Labute approximate surface area is 221 Å². The van der Waals surface area contributed by atoms with Crippen LogP contribution < -0.4 is 10.2 Å². The van der Waals surface area contributed by atoms with Gasteiger partial charge in [0.2, 0.25) is 10.0 Å². The number of rotatable bonds is 9. The summed E-state index contributed by atoms with van der Waals surface area (Å²) in [5.74, 6) is -0.0384. The molecule has 1 aromatic carbocycles. The number of hydrogen-bond acceptors (Lipinski definition) is 9. The highest BCUT2D eigenvalue weighted by Crippen LogP contribution is 2.34. The fourth-order valence-corrected chi connectivity index (χ4v) is 7.99. The number of hydroxylamine groups is 1. The van der Waals surface area contributed by atoms with Gasteiger partial charge in [0.15, 0.2) is 6.29 Å². The third-order valence-electron chi connectivity index (χ3n) is 6.09. The topological polar surface area (TPSA) is 132 Å². The van der Waals surface area contributed by atoms with E-state index in [-0.39, 0.29) is 23.8 Å². The van der Waals surface area contributed by atoms with E-state index in [0.29, 0.717) is 25.4 Å². The van der Waals surface area contributed by atoms with Crippen molar-refractivity contribution in [1.82, 2.24) is 14.1 Å². The molecule has 2 aliphatic rings. The number of nitrogens with zero attached hydrogens (tertiary/aromatic N) is 2. The largest absolute Gasteiger partial charge is 0.494 e. The molecule has 2 atom stereocenters. The van der Waals surface area contributed by atoms with Gasteiger partial charge in [0, 0.05) is 37.5 Å². The van der Waals surface area contributed by atoms with Gasteiger partial charge in [-0.1, -0.05) is 0 Å². The van der Waals surface area contributed by atoms with Crippen LogP contribution in [0.4, 0.5) is 0 Å². The van der Waals surface area contributed by atoms with Gasteiger partial charge in [-0.2, -0.15) is 8.61 Å². The molecule has 2 aliphatic heterocycles. The van der Waals surface area contributed by atoms with E-state index in [4.69, 9.17) is 14.3 Å². The highest BCUT2D eigenvalue weighted by Gasteiger charge is 2.43. The molecule has 0 aliphatic carbocycles. The zero-order chi connectivity index (χ0) is 26.6. The molecule has 1 N–H and O–H groups in total. The van der Waals surface area contributed by atoms with E-state index >= 15 is 0 Å². The average molecular weight is 574 g/mol. The molecule has 14 heteroatoms. The van der Waals surface area contributed by atoms with E-state index in [0.717, 1.165) is 49.5 Å². The van der Waals surface area contributed by atoms with E-state index in [9.17, 15) is 21.6 Å². The van der Waals surface area contributed by atoms with Crippen LogP contribution in [0.3, 0.4) is 0 Å². The van der Waals surface area contributed by atoms with Crippen molar-refractivity contribution in [1.29, 1.82) is 0 Å². The van der Waals surface area contributed by atoms with Crippen molar-refractivity contribution in [2.24, 2.45) is 0 Å². The van der Waals surface area contributed by atoms with Crippen molar-refractivity contribution < 1.29 is 35.9 Å². The van der Waals surface area contributed by atoms with Gasteiger partial charge in [0.05, 0.1) is 12.9 Å². The zero-order valence-corrected chi connectivity index (χ0v) is 23.1. The van der Waals surface area contributed by atoms with Crippen LogP contribution in [0.1, 0.15) is 26.2 Å². The molecule has 2 aromatic rings. The third-order valence-corrected chi connectivity index (χ3v) is 10.9. The van der Waals surface area contributed by atoms with Gasteiger partial charge in [0.25, 0.3) is 15.9 Å². The van der Waals surface area contributed by atoms with E-state index < -0.39 is 38.3 Å². The highest BCUT2D eigenvalue weighted by atomic mass is 32.2. The number of carbonyl (C=O) groups excluding carboxylic acids is 1. The summed E-state index contributed by atoms with van der Waals surface area (Å²) in [6.45, 7) is 2.37. The monoisotopic (exact) mass is 573 g/mol. The van der Waals surface area contributed by atoms with Crippen LogP contribution >= 0.6 is 11.3 Å². The molecule has 1 amide bonds. The average Bonchev–Trinajstić information content (AvgIpc) is 3.39. The Morgan fingerprint density at radius 1 is 1.11 bits per heavy atom. The molecule has 2 unspecified atom stereocenters. The summed E-state index contributed by atoms with van der Waals surface area (Å²) in [4.78, 5) is 19.2. The number of hydrogen-bond donors (Lipinski definition) is 1. The lowest BCUT2D eigenvalue weighted by atomic mass is 10.2. The smallest absolute Gasteiger partial charge is 0.263 e. The van der Waals surface area contributed by atoms with Gasteiger partial charge in [-0.25, -0.2) is 27.2 Å². The summed E-state index contributed by atoms with van der Waals surface area (Å²) in [7, 11) is -7.76. The molecule has 0 spiro atoms. The molecule has 2 fully saturated rings. The molecule has 3 heterocycles. The predicted molar refractivity (Wildman–Crippen MR) is 138 cm³/mol. The number of carbonyl (C=O) groups is 1. The molecule has 0 bridgehead atoms. The molecule has 11 nitrogen and oxygen atoms in total. The van der Waals surface area contributed by atoms with Crippen LogP contribution in [0, 0.1) is 0 Å². The minimum atomic E-state index is -4.11. The van der Waals surface area contributed by atoms with E-state index in [1.165, 1.54) is 6.07 Å². The molecule has 0 radical (unpaired) electrons. The summed E-state index contributed by atoms with van der Waals surface area (Å²) < 4.78 is 64.8. The van der Waals surface area contributed by atoms with Crippen molar-refractivity contribution in [2.75, 3.05) is 39.1 Å². The van der Waals surface area contributed by atoms with E-state index in [1.807, 2.05) is 31.2 Å². The maximum absolute atomic E-state index is 13.7. The number of ether oxygens (including phenoxy) is 2. The summed E-state index contributed by atoms with van der Waals surface area (Å²) in [5.41, 5.74) is 3.12. The van der Waals surface area contributed by atoms with Crippen molar-refractivity contribution in [3.63, 3.8) is 0 Å². The number of sulfonamides is 2. The summed E-state index contributed by atoms with van der Waals surface area (Å²) >= 11 is 1.08. The van der Waals surface area contributed by atoms with Crippen molar-refractivity contribution >= 4 is 37.3 Å². The van der Waals surface area contributed by atoms with Crippen LogP contribution in [-0.2, 0) is 34.4 Å². The first kappa shape index (κ1) is 28.0. The van der Waals surface area contributed by atoms with Gasteiger partial charge < -0.3 is 9.47 Å². The number of thiophene rings is 1.